The first kappa shape index (κ1) is 57.4. The lowest BCUT2D eigenvalue weighted by Gasteiger charge is -2.50. The molecule has 3 rings (SSSR count). The lowest BCUT2D eigenvalue weighted by atomic mass is 9.82. The predicted molar refractivity (Wildman–Crippen MR) is 243 cm³/mol. The van der Waals surface area contributed by atoms with Gasteiger partial charge in [-0.25, -0.2) is 38.5 Å². The molecule has 23 nitrogen and oxygen atoms in total. The Morgan fingerprint density at radius 1 is 0.536 bits per heavy atom. The number of imide groups is 1. The highest BCUT2D eigenvalue weighted by Crippen LogP contribution is 2.46. The first-order valence-electron chi connectivity index (χ1n) is 22.3. The second-order valence-electron chi connectivity index (χ2n) is 23.1. The molecule has 1 aromatic heterocycles. The molecule has 0 bridgehead atoms. The number of anilines is 2. The van der Waals surface area contributed by atoms with E-state index >= 15 is 0 Å². The molecule has 390 valence electrons. The van der Waals surface area contributed by atoms with E-state index in [1.165, 1.54) is 41.5 Å². The highest BCUT2D eigenvalue weighted by Gasteiger charge is 2.58. The van der Waals surface area contributed by atoms with Crippen molar-refractivity contribution in [1.29, 1.82) is 0 Å². The van der Waals surface area contributed by atoms with Gasteiger partial charge in [-0.05, 0) is 152 Å². The molecule has 1 saturated heterocycles. The van der Waals surface area contributed by atoms with Crippen molar-refractivity contribution in [2.45, 2.75) is 216 Å². The summed E-state index contributed by atoms with van der Waals surface area (Å²) in [6, 6.07) is 0. The first-order chi connectivity index (χ1) is 30.9. The van der Waals surface area contributed by atoms with Crippen LogP contribution < -0.4 is 14.5 Å². The van der Waals surface area contributed by atoms with Crippen LogP contribution in [0.15, 0.2) is 0 Å². The molecule has 0 radical (unpaired) electrons. The summed E-state index contributed by atoms with van der Waals surface area (Å²) in [6.07, 6.45) is -16.1. The number of rotatable bonds is 6. The molecule has 5 unspecified atom stereocenters. The van der Waals surface area contributed by atoms with Crippen molar-refractivity contribution in [3.63, 3.8) is 0 Å². The Kier molecular flexibility index (Phi) is 17.2. The van der Waals surface area contributed by atoms with Gasteiger partial charge in [0, 0.05) is 0 Å². The Morgan fingerprint density at radius 2 is 0.942 bits per heavy atom. The van der Waals surface area contributed by atoms with Gasteiger partial charge in [0.05, 0.1) is 11.5 Å². The van der Waals surface area contributed by atoms with Crippen LogP contribution in [0.4, 0.5) is 45.3 Å². The van der Waals surface area contributed by atoms with E-state index in [9.17, 15) is 33.6 Å². The number of carbonyl (C=O) groups excluding carboxylic acids is 7. The molecule has 0 aromatic carbocycles. The van der Waals surface area contributed by atoms with Gasteiger partial charge in [-0.15, -0.1) is 4.90 Å². The fraction of sp³-hybridized carbons (Fsp3) is 0.761. The Hall–Kier alpha value is -5.87. The minimum atomic E-state index is -1.72. The molecule has 0 aliphatic carbocycles. The molecule has 0 spiro atoms. The van der Waals surface area contributed by atoms with Gasteiger partial charge in [-0.2, -0.15) is 9.97 Å². The lowest BCUT2D eigenvalue weighted by molar-refractivity contribution is -0.222. The summed E-state index contributed by atoms with van der Waals surface area (Å²) in [5.74, 6) is -3.34. The molecule has 0 N–H and O–H groups in total. The van der Waals surface area contributed by atoms with E-state index in [1.807, 2.05) is 0 Å². The van der Waals surface area contributed by atoms with Crippen LogP contribution in [0, 0.1) is 5.92 Å². The Bertz CT molecular complexity index is 2050. The van der Waals surface area contributed by atoms with Crippen LogP contribution >= 0.6 is 0 Å². The maximum absolute atomic E-state index is 14.8. The Morgan fingerprint density at radius 3 is 1.38 bits per heavy atom. The third-order valence-electron chi connectivity index (χ3n) is 8.16. The molecule has 1 fully saturated rings. The summed E-state index contributed by atoms with van der Waals surface area (Å²) in [5.41, 5.74) is -8.24. The third kappa shape index (κ3) is 18.5. The summed E-state index contributed by atoms with van der Waals surface area (Å²) in [5, 5.41) is 0. The van der Waals surface area contributed by atoms with Crippen molar-refractivity contribution in [3.8, 4) is 5.88 Å². The molecule has 23 heteroatoms. The second-order valence-corrected chi connectivity index (χ2v) is 23.1. The highest BCUT2D eigenvalue weighted by molar-refractivity contribution is 6.08. The quantitative estimate of drug-likeness (QED) is 0.190. The van der Waals surface area contributed by atoms with Crippen molar-refractivity contribution in [1.82, 2.24) is 9.97 Å². The first-order valence-corrected chi connectivity index (χ1v) is 22.3. The van der Waals surface area contributed by atoms with Gasteiger partial charge in [0.15, 0.2) is 18.0 Å². The van der Waals surface area contributed by atoms with Gasteiger partial charge in [0.25, 0.3) is 0 Å². The monoisotopic (exact) mass is 984 g/mol. The molecule has 69 heavy (non-hydrogen) atoms. The van der Waals surface area contributed by atoms with E-state index in [0.717, 1.165) is 4.90 Å². The maximum Gasteiger partial charge on any atom is 0.515 e. The summed E-state index contributed by atoms with van der Waals surface area (Å²) >= 11 is 0. The molecule has 2 aliphatic heterocycles. The average molecular weight is 985 g/mol. The minimum absolute atomic E-state index is 0.203. The number of aromatic nitrogens is 2. The van der Waals surface area contributed by atoms with Crippen molar-refractivity contribution < 1.29 is 90.4 Å². The molecule has 2 aliphatic rings. The number of fused-ring (bicyclic) bond motifs is 2. The smallest absolute Gasteiger partial charge is 0.443 e. The number of nitrogens with zero attached hydrogens (tertiary/aromatic N) is 4. The number of ether oxygens (including phenoxy) is 12. The van der Waals surface area contributed by atoms with Crippen LogP contribution in [-0.2, 0) is 58.5 Å². The standard InChI is InChI=1S/C46H72N4O19/c1-40(2,3)63-33(51)49-29-25(30(62-39(57)69-46(19,20)21)48-32(47-29)50(34(52)64-41(4,5)6)35(53)65-42(7,8)9)22-24-27(60-37(55)67-44(13,14)15)28(61-38(56)68-45(16,17)18)26(59-31(24)49)23-58-36(54)66-43(10,11)12/h24,26-28,31H,22-23H2,1-21H3. The van der Waals surface area contributed by atoms with Crippen molar-refractivity contribution >= 4 is 54.7 Å². The number of amides is 3. The van der Waals surface area contributed by atoms with Crippen molar-refractivity contribution in [2.75, 3.05) is 16.4 Å². The van der Waals surface area contributed by atoms with Crippen LogP contribution in [0.1, 0.15) is 151 Å². The average Bonchev–Trinajstić information content (AvgIpc) is 3.05. The van der Waals surface area contributed by atoms with Gasteiger partial charge in [0.2, 0.25) is 11.8 Å². The molecule has 3 heterocycles. The van der Waals surface area contributed by atoms with E-state index in [4.69, 9.17) is 56.8 Å². The molecular formula is C46H72N4O19. The normalized spacial score (nSPS) is 19.8. The minimum Gasteiger partial charge on any atom is -0.443 e. The van der Waals surface area contributed by atoms with Crippen LogP contribution in [0.5, 0.6) is 5.88 Å². The number of hydrogen-bond donors (Lipinski definition) is 0. The summed E-state index contributed by atoms with van der Waals surface area (Å²) < 4.78 is 68.6. The molecule has 3 amide bonds. The predicted octanol–water partition coefficient (Wildman–Crippen LogP) is 9.70. The van der Waals surface area contributed by atoms with Crippen LogP contribution in [0.3, 0.4) is 0 Å². The van der Waals surface area contributed by atoms with E-state index in [0.29, 0.717) is 4.90 Å². The summed E-state index contributed by atoms with van der Waals surface area (Å²) in [7, 11) is 0. The van der Waals surface area contributed by atoms with Gasteiger partial charge in [-0.3, -0.25) is 0 Å². The Labute approximate surface area is 403 Å². The van der Waals surface area contributed by atoms with Crippen LogP contribution in [-0.4, -0.2) is 123 Å². The zero-order valence-electron chi connectivity index (χ0n) is 43.8. The van der Waals surface area contributed by atoms with Gasteiger partial charge in [0.1, 0.15) is 58.1 Å². The van der Waals surface area contributed by atoms with E-state index < -0.39 is 143 Å². The largest absolute Gasteiger partial charge is 0.515 e. The third-order valence-corrected chi connectivity index (χ3v) is 8.16. The SMILES string of the molecule is CC(C)(C)OC(=O)OCC1OC2C(Cc3c(OC(=O)OC(C)(C)C)nc(N(C(=O)OC(C)(C)C)C(=O)OC(C)(C)C)nc3N2C(=O)OC(C)(C)C)C(OC(=O)OC(C)(C)C)C1OC(=O)OC(C)(C)C. The summed E-state index contributed by atoms with van der Waals surface area (Å²) in [6.45, 7) is 32.0. The number of carbonyl (C=O) groups is 7. The van der Waals surface area contributed by atoms with Crippen molar-refractivity contribution in [2.24, 2.45) is 5.92 Å². The molecule has 5 atom stereocenters. The molecule has 1 aromatic rings. The van der Waals surface area contributed by atoms with E-state index in [2.05, 4.69) is 9.97 Å². The fourth-order valence-electron chi connectivity index (χ4n) is 6.14. The van der Waals surface area contributed by atoms with Crippen molar-refractivity contribution in [3.05, 3.63) is 5.56 Å². The van der Waals surface area contributed by atoms with Crippen LogP contribution in [0.2, 0.25) is 0 Å². The second kappa shape index (κ2) is 20.6. The zero-order valence-corrected chi connectivity index (χ0v) is 43.8. The van der Waals surface area contributed by atoms with Crippen LogP contribution in [0.25, 0.3) is 0 Å². The Balaban J connectivity index is 2.55. The lowest BCUT2D eigenvalue weighted by Crippen LogP contribution is -2.66. The highest BCUT2D eigenvalue weighted by atomic mass is 16.8. The topological polar surface area (TPSA) is 263 Å². The summed E-state index contributed by atoms with van der Waals surface area (Å²) in [4.78, 5) is 107. The maximum atomic E-state index is 14.8. The van der Waals surface area contributed by atoms with E-state index in [-0.39, 0.29) is 5.56 Å². The molecule has 0 saturated carbocycles. The van der Waals surface area contributed by atoms with Gasteiger partial charge in [-0.1, -0.05) is 0 Å². The fourth-order valence-corrected chi connectivity index (χ4v) is 6.14. The molecular weight excluding hydrogens is 913 g/mol. The zero-order chi connectivity index (χ0) is 53.2. The van der Waals surface area contributed by atoms with Gasteiger partial charge >= 0.3 is 42.9 Å². The van der Waals surface area contributed by atoms with E-state index in [1.54, 1.807) is 104 Å². The van der Waals surface area contributed by atoms with Gasteiger partial charge < -0.3 is 56.8 Å². The number of hydrogen-bond acceptors (Lipinski definition) is 21.